The molecule has 3 nitrogen and oxygen atoms in total. The van der Waals surface area contributed by atoms with Gasteiger partial charge in [0.15, 0.2) is 4.77 Å². The van der Waals surface area contributed by atoms with E-state index in [2.05, 4.69) is 29.2 Å². The minimum atomic E-state index is 0.209. The number of rotatable bonds is 3. The van der Waals surface area contributed by atoms with E-state index in [1.54, 1.807) is 12.1 Å². The van der Waals surface area contributed by atoms with Crippen molar-refractivity contribution in [3.05, 3.63) is 89.7 Å². The van der Waals surface area contributed by atoms with Gasteiger partial charge in [-0.15, -0.1) is 0 Å². The molecule has 0 radical (unpaired) electrons. The number of phenols is 1. The van der Waals surface area contributed by atoms with Crippen molar-refractivity contribution in [2.75, 3.05) is 0 Å². The molecule has 4 rings (SSSR count). The van der Waals surface area contributed by atoms with Crippen molar-refractivity contribution in [2.45, 2.75) is 0 Å². The highest BCUT2D eigenvalue weighted by Crippen LogP contribution is 2.34. The third-order valence-electron chi connectivity index (χ3n) is 4.09. The van der Waals surface area contributed by atoms with Crippen LogP contribution in [0.1, 0.15) is 0 Å². The van der Waals surface area contributed by atoms with Crippen LogP contribution in [0.2, 0.25) is 0 Å². The maximum atomic E-state index is 9.89. The first-order valence-corrected chi connectivity index (χ1v) is 8.40. The summed E-state index contributed by atoms with van der Waals surface area (Å²) in [6, 6.07) is 27.4. The zero-order valence-electron chi connectivity index (χ0n) is 13.4. The fourth-order valence-electron chi connectivity index (χ4n) is 3.00. The van der Waals surface area contributed by atoms with Crippen LogP contribution in [0.3, 0.4) is 0 Å². The monoisotopic (exact) mass is 344 g/mol. The van der Waals surface area contributed by atoms with E-state index in [1.807, 2.05) is 53.1 Å². The maximum absolute atomic E-state index is 9.89. The number of hydrogen-bond donors (Lipinski definition) is 2. The van der Waals surface area contributed by atoms with E-state index >= 15 is 0 Å². The number of H-pyrrole nitrogens is 1. The average molecular weight is 344 g/mol. The van der Waals surface area contributed by atoms with Gasteiger partial charge in [0.2, 0.25) is 0 Å². The molecule has 0 bridgehead atoms. The second-order valence-electron chi connectivity index (χ2n) is 5.74. The molecule has 0 aliphatic carbocycles. The van der Waals surface area contributed by atoms with Gasteiger partial charge in [-0.2, -0.15) is 0 Å². The lowest BCUT2D eigenvalue weighted by Crippen LogP contribution is -1.97. The van der Waals surface area contributed by atoms with Crippen LogP contribution >= 0.6 is 12.2 Å². The van der Waals surface area contributed by atoms with Crippen molar-refractivity contribution < 1.29 is 5.11 Å². The van der Waals surface area contributed by atoms with Crippen LogP contribution in [0.5, 0.6) is 5.75 Å². The minimum Gasteiger partial charge on any atom is -0.508 e. The maximum Gasteiger partial charge on any atom is 0.182 e. The Morgan fingerprint density at radius 3 is 2.04 bits per heavy atom. The first-order chi connectivity index (χ1) is 12.2. The lowest BCUT2D eigenvalue weighted by molar-refractivity contribution is 0.475. The van der Waals surface area contributed by atoms with Gasteiger partial charge in [0, 0.05) is 17.2 Å². The summed E-state index contributed by atoms with van der Waals surface area (Å²) in [5, 5.41) is 9.89. The molecule has 4 aromatic rings. The number of hydrogen-bond acceptors (Lipinski definition) is 2. The van der Waals surface area contributed by atoms with Gasteiger partial charge in [-0.05, 0) is 24.4 Å². The third-order valence-corrected chi connectivity index (χ3v) is 4.38. The highest BCUT2D eigenvalue weighted by molar-refractivity contribution is 7.71. The zero-order valence-corrected chi connectivity index (χ0v) is 14.2. The van der Waals surface area contributed by atoms with E-state index in [1.165, 1.54) is 0 Å². The Kier molecular flexibility index (Phi) is 3.96. The Morgan fingerprint density at radius 1 is 0.760 bits per heavy atom. The third kappa shape index (κ3) is 2.88. The molecule has 0 aliphatic rings. The number of phenolic OH excluding ortho intramolecular Hbond substituents is 1. The van der Waals surface area contributed by atoms with E-state index < -0.39 is 0 Å². The fourth-order valence-corrected chi connectivity index (χ4v) is 3.30. The molecule has 3 aromatic carbocycles. The van der Waals surface area contributed by atoms with Crippen molar-refractivity contribution in [2.24, 2.45) is 0 Å². The van der Waals surface area contributed by atoms with Crippen LogP contribution in [-0.2, 0) is 0 Å². The van der Waals surface area contributed by atoms with E-state index in [0.717, 1.165) is 28.2 Å². The smallest absolute Gasteiger partial charge is 0.182 e. The molecule has 122 valence electrons. The molecule has 0 unspecified atom stereocenters. The number of nitrogens with zero attached hydrogens (tertiary/aromatic N) is 1. The number of aromatic hydroxyl groups is 1. The average Bonchev–Trinajstić information content (AvgIpc) is 3.00. The Morgan fingerprint density at radius 2 is 1.40 bits per heavy atom. The van der Waals surface area contributed by atoms with Crippen LogP contribution in [0.4, 0.5) is 0 Å². The summed E-state index contributed by atoms with van der Waals surface area (Å²) >= 11 is 5.61. The van der Waals surface area contributed by atoms with Crippen molar-refractivity contribution in [3.63, 3.8) is 0 Å². The van der Waals surface area contributed by atoms with Gasteiger partial charge in [-0.1, -0.05) is 66.7 Å². The van der Waals surface area contributed by atoms with E-state index in [0.29, 0.717) is 4.77 Å². The number of imidazole rings is 1. The van der Waals surface area contributed by atoms with Gasteiger partial charge in [0.1, 0.15) is 5.75 Å². The standard InChI is InChI=1S/C21H16N2OS/c24-18-13-7-12-17(14-18)23-20(16-10-5-2-6-11-16)19(22-21(23)25)15-8-3-1-4-9-15/h1-14,24H,(H,22,25). The van der Waals surface area contributed by atoms with Gasteiger partial charge in [0.05, 0.1) is 17.1 Å². The van der Waals surface area contributed by atoms with Gasteiger partial charge in [0.25, 0.3) is 0 Å². The van der Waals surface area contributed by atoms with E-state index in [9.17, 15) is 5.11 Å². The SMILES string of the molecule is Oc1cccc(-n2c(-c3ccccc3)c(-c3ccccc3)[nH]c2=S)c1. The van der Waals surface area contributed by atoms with Crippen LogP contribution in [-0.4, -0.2) is 14.7 Å². The molecule has 0 atom stereocenters. The number of aromatic amines is 1. The highest BCUT2D eigenvalue weighted by Gasteiger charge is 2.17. The molecule has 0 spiro atoms. The molecule has 1 aromatic heterocycles. The molecular formula is C21H16N2OS. The van der Waals surface area contributed by atoms with Crippen LogP contribution < -0.4 is 0 Å². The number of benzene rings is 3. The molecular weight excluding hydrogens is 328 g/mol. The summed E-state index contributed by atoms with van der Waals surface area (Å²) in [4.78, 5) is 3.34. The Bertz CT molecular complexity index is 1070. The molecule has 1 heterocycles. The van der Waals surface area contributed by atoms with Crippen molar-refractivity contribution in [1.29, 1.82) is 0 Å². The fraction of sp³-hybridized carbons (Fsp3) is 0. The van der Waals surface area contributed by atoms with Gasteiger partial charge in [-0.3, -0.25) is 4.57 Å². The molecule has 2 N–H and O–H groups in total. The first kappa shape index (κ1) is 15.4. The lowest BCUT2D eigenvalue weighted by Gasteiger charge is -2.11. The summed E-state index contributed by atoms with van der Waals surface area (Å²) in [5.74, 6) is 0.209. The second-order valence-corrected chi connectivity index (χ2v) is 6.13. The number of aromatic nitrogens is 2. The molecule has 0 fully saturated rings. The second kappa shape index (κ2) is 6.42. The Balaban J connectivity index is 2.05. The zero-order chi connectivity index (χ0) is 17.2. The van der Waals surface area contributed by atoms with Gasteiger partial charge in [-0.25, -0.2) is 0 Å². The summed E-state index contributed by atoms with van der Waals surface area (Å²) in [7, 11) is 0. The number of nitrogens with one attached hydrogen (secondary N) is 1. The lowest BCUT2D eigenvalue weighted by atomic mass is 10.0. The highest BCUT2D eigenvalue weighted by atomic mass is 32.1. The molecule has 25 heavy (non-hydrogen) atoms. The predicted octanol–water partition coefficient (Wildman–Crippen LogP) is 5.57. The summed E-state index contributed by atoms with van der Waals surface area (Å²) in [6.45, 7) is 0. The molecule has 0 aliphatic heterocycles. The van der Waals surface area contributed by atoms with E-state index in [4.69, 9.17) is 12.2 Å². The van der Waals surface area contributed by atoms with E-state index in [-0.39, 0.29) is 5.75 Å². The Hall–Kier alpha value is -3.11. The van der Waals surface area contributed by atoms with Crippen molar-refractivity contribution in [3.8, 4) is 34.0 Å². The summed E-state index contributed by atoms with van der Waals surface area (Å²) in [5.41, 5.74) is 4.87. The topological polar surface area (TPSA) is 41.0 Å². The quantitative estimate of drug-likeness (QED) is 0.477. The summed E-state index contributed by atoms with van der Waals surface area (Å²) < 4.78 is 2.55. The Labute approximate surface area is 150 Å². The van der Waals surface area contributed by atoms with Crippen LogP contribution in [0.15, 0.2) is 84.9 Å². The molecule has 0 amide bonds. The molecule has 0 saturated carbocycles. The first-order valence-electron chi connectivity index (χ1n) is 7.99. The molecule has 0 saturated heterocycles. The van der Waals surface area contributed by atoms with Gasteiger partial charge < -0.3 is 10.1 Å². The van der Waals surface area contributed by atoms with Crippen molar-refractivity contribution >= 4 is 12.2 Å². The normalized spacial score (nSPS) is 10.7. The predicted molar refractivity (Wildman–Crippen MR) is 103 cm³/mol. The van der Waals surface area contributed by atoms with Gasteiger partial charge >= 0.3 is 0 Å². The van der Waals surface area contributed by atoms with Crippen molar-refractivity contribution in [1.82, 2.24) is 9.55 Å². The minimum absolute atomic E-state index is 0.209. The van der Waals surface area contributed by atoms with Crippen LogP contribution in [0, 0.1) is 4.77 Å². The van der Waals surface area contributed by atoms with Crippen LogP contribution in [0.25, 0.3) is 28.2 Å². The largest absolute Gasteiger partial charge is 0.508 e. The molecule has 4 heteroatoms. The summed E-state index contributed by atoms with van der Waals surface area (Å²) in [6.07, 6.45) is 0.